The Labute approximate surface area is 112 Å². The van der Waals surface area contributed by atoms with E-state index in [2.05, 4.69) is 31.8 Å². The summed E-state index contributed by atoms with van der Waals surface area (Å²) in [6, 6.07) is 7.59. The van der Waals surface area contributed by atoms with Crippen LogP contribution >= 0.6 is 0 Å². The third-order valence-electron chi connectivity index (χ3n) is 2.65. The maximum absolute atomic E-state index is 9.19. The van der Waals surface area contributed by atoms with Crippen molar-refractivity contribution in [3.05, 3.63) is 35.7 Å². The molecule has 2 aromatic heterocycles. The van der Waals surface area contributed by atoms with Crippen LogP contribution in [0.3, 0.4) is 0 Å². The van der Waals surface area contributed by atoms with Gasteiger partial charge in [0.15, 0.2) is 0 Å². The van der Waals surface area contributed by atoms with Crippen LogP contribution in [0.5, 0.6) is 0 Å². The van der Waals surface area contributed by atoms with E-state index in [0.717, 1.165) is 5.69 Å². The van der Waals surface area contributed by atoms with E-state index in [0.29, 0.717) is 21.9 Å². The van der Waals surface area contributed by atoms with Gasteiger partial charge in [-0.3, -0.25) is 4.98 Å². The van der Waals surface area contributed by atoms with E-state index < -0.39 is 0 Å². The highest BCUT2D eigenvalue weighted by Crippen LogP contribution is 2.30. The van der Waals surface area contributed by atoms with Crippen LogP contribution in [0, 0.1) is 11.3 Å². The van der Waals surface area contributed by atoms with Crippen LogP contribution in [0.25, 0.3) is 11.3 Å². The van der Waals surface area contributed by atoms with Crippen molar-refractivity contribution in [1.29, 1.82) is 5.26 Å². The molecule has 0 fully saturated rings. The molecule has 0 bridgehead atoms. The van der Waals surface area contributed by atoms with Gasteiger partial charge >= 0.3 is 0 Å². The van der Waals surface area contributed by atoms with Crippen molar-refractivity contribution >= 4 is 12.6 Å². The average molecular weight is 257 g/mol. The zero-order valence-corrected chi connectivity index (χ0v) is 11.3. The van der Waals surface area contributed by atoms with Gasteiger partial charge in [0.2, 0.25) is 0 Å². The van der Waals surface area contributed by atoms with E-state index in [1.165, 1.54) is 0 Å². The highest BCUT2D eigenvalue weighted by Gasteiger charge is 2.19. The quantitative estimate of drug-likeness (QED) is 0.734. The highest BCUT2D eigenvalue weighted by atomic mass is 32.1. The second-order valence-corrected chi connectivity index (χ2v) is 5.46. The van der Waals surface area contributed by atoms with Crippen LogP contribution in [-0.2, 0) is 18.0 Å². The van der Waals surface area contributed by atoms with E-state index in [9.17, 15) is 5.26 Å². The van der Waals surface area contributed by atoms with E-state index in [1.807, 2.05) is 12.1 Å². The van der Waals surface area contributed by atoms with Gasteiger partial charge in [-0.05, 0) is 18.2 Å². The van der Waals surface area contributed by atoms with Gasteiger partial charge in [0.05, 0.1) is 17.9 Å². The molecule has 0 saturated heterocycles. The number of aromatic nitrogens is 1. The summed E-state index contributed by atoms with van der Waals surface area (Å²) in [4.78, 5) is 4.34. The molecule has 0 aliphatic rings. The summed E-state index contributed by atoms with van der Waals surface area (Å²) >= 11 is 5.19. The molecule has 0 unspecified atom stereocenters. The monoisotopic (exact) mass is 257 g/mol. The zero-order valence-electron chi connectivity index (χ0n) is 10.5. The van der Waals surface area contributed by atoms with E-state index >= 15 is 0 Å². The molecular weight excluding hydrogens is 244 g/mol. The summed E-state index contributed by atoms with van der Waals surface area (Å²) in [6.07, 6.45) is 1.58. The number of hydrogen-bond acceptors (Lipinski definition) is 4. The Morgan fingerprint density at radius 3 is 2.61 bits per heavy atom. The largest absolute Gasteiger partial charge is 0.759 e. The van der Waals surface area contributed by atoms with E-state index in [4.69, 9.17) is 17.0 Å². The standard InChI is InChI=1S/C14H14N2OS/c1-14(2,3)12-7-9(11-5-4-6-17-11)10(8-15)13(18)16-12/h4-7H,1-3H3,(H,16,18)/p-1. The Morgan fingerprint density at radius 2 is 2.11 bits per heavy atom. The smallest absolute Gasteiger partial charge is 0.135 e. The fraction of sp³-hybridized carbons (Fsp3) is 0.286. The van der Waals surface area contributed by atoms with E-state index in [1.54, 1.807) is 12.3 Å². The van der Waals surface area contributed by atoms with Crippen LogP contribution in [0.1, 0.15) is 32.0 Å². The van der Waals surface area contributed by atoms with E-state index in [-0.39, 0.29) is 5.41 Å². The Hall–Kier alpha value is -1.86. The van der Waals surface area contributed by atoms with Gasteiger partial charge in [0, 0.05) is 16.7 Å². The van der Waals surface area contributed by atoms with Crippen molar-refractivity contribution in [2.45, 2.75) is 31.2 Å². The number of rotatable bonds is 1. The molecule has 0 amide bonds. The van der Waals surface area contributed by atoms with Crippen LogP contribution in [0.15, 0.2) is 33.9 Å². The van der Waals surface area contributed by atoms with Gasteiger partial charge in [-0.25, -0.2) is 0 Å². The van der Waals surface area contributed by atoms with Crippen LogP contribution < -0.4 is 0 Å². The molecule has 3 nitrogen and oxygen atoms in total. The van der Waals surface area contributed by atoms with Crippen molar-refractivity contribution in [2.75, 3.05) is 0 Å². The molecule has 0 radical (unpaired) electrons. The minimum atomic E-state index is -0.122. The Bertz CT molecular complexity index is 604. The SMILES string of the molecule is CC(C)(C)c1cc(-c2ccco2)c(C#N)c([S-])n1. The second-order valence-electron chi connectivity index (χ2n) is 5.07. The topological polar surface area (TPSA) is 49.8 Å². The van der Waals surface area contributed by atoms with Gasteiger partial charge < -0.3 is 17.0 Å². The Balaban J connectivity index is 2.71. The summed E-state index contributed by atoms with van der Waals surface area (Å²) in [5, 5.41) is 9.52. The first-order chi connectivity index (χ1) is 8.43. The highest BCUT2D eigenvalue weighted by molar-refractivity contribution is 7.58. The van der Waals surface area contributed by atoms with Crippen molar-refractivity contribution in [3.63, 3.8) is 0 Å². The predicted molar refractivity (Wildman–Crippen MR) is 71.0 cm³/mol. The maximum atomic E-state index is 9.19. The Kier molecular flexibility index (Phi) is 3.10. The van der Waals surface area contributed by atoms with Crippen LogP contribution in [0.2, 0.25) is 0 Å². The molecule has 2 aromatic rings. The van der Waals surface area contributed by atoms with Crippen LogP contribution in [-0.4, -0.2) is 4.98 Å². The number of furan rings is 1. The molecule has 18 heavy (non-hydrogen) atoms. The summed E-state index contributed by atoms with van der Waals surface area (Å²) in [7, 11) is 0. The lowest BCUT2D eigenvalue weighted by molar-refractivity contribution is 0.559. The molecule has 0 aliphatic heterocycles. The van der Waals surface area contributed by atoms with Gasteiger partial charge in [-0.1, -0.05) is 25.8 Å². The molecular formula is C14H13N2OS-. The third-order valence-corrected chi connectivity index (χ3v) is 2.95. The van der Waals surface area contributed by atoms with Crippen molar-refractivity contribution in [3.8, 4) is 17.4 Å². The predicted octanol–water partition coefficient (Wildman–Crippen LogP) is 3.42. The van der Waals surface area contributed by atoms with Gasteiger partial charge in [0.25, 0.3) is 0 Å². The molecule has 0 N–H and O–H groups in total. The molecule has 2 heterocycles. The van der Waals surface area contributed by atoms with Gasteiger partial charge in [0.1, 0.15) is 5.76 Å². The second kappa shape index (κ2) is 4.43. The molecule has 0 aromatic carbocycles. The Morgan fingerprint density at radius 1 is 1.39 bits per heavy atom. The molecule has 0 aliphatic carbocycles. The lowest BCUT2D eigenvalue weighted by atomic mass is 9.90. The number of nitriles is 1. The zero-order chi connectivity index (χ0) is 13.3. The first-order valence-electron chi connectivity index (χ1n) is 5.60. The molecule has 92 valence electrons. The number of pyridine rings is 1. The first kappa shape index (κ1) is 12.6. The van der Waals surface area contributed by atoms with Gasteiger partial charge in [-0.15, -0.1) is 0 Å². The summed E-state index contributed by atoms with van der Waals surface area (Å²) in [6.45, 7) is 6.17. The van der Waals surface area contributed by atoms with Gasteiger partial charge in [-0.2, -0.15) is 5.26 Å². The third kappa shape index (κ3) is 2.22. The first-order valence-corrected chi connectivity index (χ1v) is 6.01. The van der Waals surface area contributed by atoms with Crippen molar-refractivity contribution < 1.29 is 4.42 Å². The van der Waals surface area contributed by atoms with Crippen molar-refractivity contribution in [2.24, 2.45) is 0 Å². The van der Waals surface area contributed by atoms with Crippen molar-refractivity contribution in [1.82, 2.24) is 4.98 Å². The normalized spacial score (nSPS) is 11.2. The fourth-order valence-corrected chi connectivity index (χ4v) is 1.89. The minimum Gasteiger partial charge on any atom is -0.759 e. The number of nitrogens with zero attached hydrogens (tertiary/aromatic N) is 2. The minimum absolute atomic E-state index is 0.122. The van der Waals surface area contributed by atoms with Crippen LogP contribution in [0.4, 0.5) is 0 Å². The molecule has 2 rings (SSSR count). The molecule has 4 heteroatoms. The fourth-order valence-electron chi connectivity index (χ4n) is 1.64. The summed E-state index contributed by atoms with van der Waals surface area (Å²) in [5.74, 6) is 0.644. The average Bonchev–Trinajstić information content (AvgIpc) is 2.79. The number of hydrogen-bond donors (Lipinski definition) is 0. The molecule has 0 atom stereocenters. The maximum Gasteiger partial charge on any atom is 0.135 e. The lowest BCUT2D eigenvalue weighted by Gasteiger charge is -2.22. The molecule has 0 spiro atoms. The molecule has 0 saturated carbocycles. The lowest BCUT2D eigenvalue weighted by Crippen LogP contribution is -2.15. The summed E-state index contributed by atoms with van der Waals surface area (Å²) < 4.78 is 5.36. The summed E-state index contributed by atoms with van der Waals surface area (Å²) in [5.41, 5.74) is 1.85.